The van der Waals surface area contributed by atoms with Gasteiger partial charge in [-0.3, -0.25) is 9.52 Å². The van der Waals surface area contributed by atoms with Gasteiger partial charge in [0.15, 0.2) is 0 Å². The van der Waals surface area contributed by atoms with Crippen LogP contribution in [0.2, 0.25) is 0 Å². The number of hydrogen-bond donors (Lipinski definition) is 2. The average molecular weight is 423 g/mol. The summed E-state index contributed by atoms with van der Waals surface area (Å²) in [6, 6.07) is 19.0. The second-order valence-electron chi connectivity index (χ2n) is 7.55. The van der Waals surface area contributed by atoms with E-state index in [9.17, 15) is 13.2 Å². The van der Waals surface area contributed by atoms with Gasteiger partial charge in [-0.15, -0.1) is 0 Å². The summed E-state index contributed by atoms with van der Waals surface area (Å²) < 4.78 is 28.0. The molecule has 0 aliphatic rings. The Bertz CT molecular complexity index is 1170. The van der Waals surface area contributed by atoms with Crippen molar-refractivity contribution in [2.75, 3.05) is 4.72 Å². The van der Waals surface area contributed by atoms with Gasteiger partial charge >= 0.3 is 0 Å². The summed E-state index contributed by atoms with van der Waals surface area (Å²) in [6.45, 7) is 7.85. The minimum Gasteiger partial charge on any atom is -0.346 e. The second kappa shape index (κ2) is 8.71. The molecule has 1 atom stereocenters. The number of carbonyl (C=O) groups excluding carboxylic acids is 1. The fourth-order valence-electron chi connectivity index (χ4n) is 3.22. The summed E-state index contributed by atoms with van der Waals surface area (Å²) in [4.78, 5) is 12.8. The predicted molar refractivity (Wildman–Crippen MR) is 120 cm³/mol. The van der Waals surface area contributed by atoms with Gasteiger partial charge in [0.05, 0.1) is 10.9 Å². The number of hydrogen-bond acceptors (Lipinski definition) is 3. The maximum atomic E-state index is 12.8. The second-order valence-corrected chi connectivity index (χ2v) is 9.24. The van der Waals surface area contributed by atoms with Crippen molar-refractivity contribution in [1.82, 2.24) is 5.32 Å². The third-order valence-corrected chi connectivity index (χ3v) is 6.34. The van der Waals surface area contributed by atoms with Crippen LogP contribution in [0, 0.1) is 20.8 Å². The zero-order valence-electron chi connectivity index (χ0n) is 17.6. The summed E-state index contributed by atoms with van der Waals surface area (Å²) >= 11 is 0. The van der Waals surface area contributed by atoms with Gasteiger partial charge in [0, 0.05) is 11.3 Å². The van der Waals surface area contributed by atoms with Crippen molar-refractivity contribution in [3.8, 4) is 0 Å². The fourth-order valence-corrected chi connectivity index (χ4v) is 4.33. The molecular weight excluding hydrogens is 396 g/mol. The van der Waals surface area contributed by atoms with Crippen LogP contribution in [0.4, 0.5) is 5.69 Å². The lowest BCUT2D eigenvalue weighted by Gasteiger charge is -2.18. The van der Waals surface area contributed by atoms with Crippen molar-refractivity contribution >= 4 is 21.6 Å². The Kier molecular flexibility index (Phi) is 6.27. The van der Waals surface area contributed by atoms with Gasteiger partial charge < -0.3 is 5.32 Å². The van der Waals surface area contributed by atoms with E-state index in [4.69, 9.17) is 0 Å². The highest BCUT2D eigenvalue weighted by atomic mass is 32.2. The van der Waals surface area contributed by atoms with Gasteiger partial charge in [-0.25, -0.2) is 8.42 Å². The fraction of sp³-hybridized carbons (Fsp3) is 0.208. The number of carbonyl (C=O) groups is 1. The summed E-state index contributed by atoms with van der Waals surface area (Å²) in [6.07, 6.45) is 0. The lowest BCUT2D eigenvalue weighted by atomic mass is 10.00. The van der Waals surface area contributed by atoms with E-state index in [1.165, 1.54) is 12.1 Å². The van der Waals surface area contributed by atoms with Crippen LogP contribution in [-0.2, 0) is 10.0 Å². The largest absolute Gasteiger partial charge is 0.346 e. The molecule has 0 aromatic heterocycles. The predicted octanol–water partition coefficient (Wildman–Crippen LogP) is 4.90. The van der Waals surface area contributed by atoms with Crippen molar-refractivity contribution in [3.05, 3.63) is 94.5 Å². The van der Waals surface area contributed by atoms with Crippen molar-refractivity contribution in [2.45, 2.75) is 38.6 Å². The van der Waals surface area contributed by atoms with Gasteiger partial charge in [-0.2, -0.15) is 0 Å². The molecule has 0 saturated carbocycles. The zero-order valence-corrected chi connectivity index (χ0v) is 18.4. The molecule has 1 amide bonds. The first-order valence-corrected chi connectivity index (χ1v) is 11.2. The molecule has 3 aromatic carbocycles. The monoisotopic (exact) mass is 422 g/mol. The number of sulfonamides is 1. The maximum absolute atomic E-state index is 12.8. The van der Waals surface area contributed by atoms with Gasteiger partial charge in [-0.05, 0) is 69.2 Å². The number of benzene rings is 3. The summed E-state index contributed by atoms with van der Waals surface area (Å²) in [5, 5.41) is 2.96. The highest BCUT2D eigenvalue weighted by Crippen LogP contribution is 2.21. The molecule has 3 rings (SSSR count). The molecule has 0 spiro atoms. The molecule has 5 nitrogen and oxygen atoms in total. The highest BCUT2D eigenvalue weighted by molar-refractivity contribution is 7.92. The van der Waals surface area contributed by atoms with Crippen LogP contribution in [0.15, 0.2) is 71.6 Å². The van der Waals surface area contributed by atoms with E-state index >= 15 is 0 Å². The average Bonchev–Trinajstić information content (AvgIpc) is 2.71. The van der Waals surface area contributed by atoms with Crippen molar-refractivity contribution in [2.24, 2.45) is 0 Å². The summed E-state index contributed by atoms with van der Waals surface area (Å²) in [5.41, 5.74) is 5.04. The van der Waals surface area contributed by atoms with Crippen molar-refractivity contribution < 1.29 is 13.2 Å². The first-order valence-electron chi connectivity index (χ1n) is 9.73. The zero-order chi connectivity index (χ0) is 21.9. The molecule has 0 radical (unpaired) electrons. The van der Waals surface area contributed by atoms with E-state index in [-0.39, 0.29) is 16.8 Å². The van der Waals surface area contributed by atoms with E-state index in [0.717, 1.165) is 22.3 Å². The molecular formula is C24H26N2O3S. The Hall–Kier alpha value is -3.12. The van der Waals surface area contributed by atoms with E-state index in [0.29, 0.717) is 11.3 Å². The van der Waals surface area contributed by atoms with Crippen LogP contribution < -0.4 is 10.0 Å². The van der Waals surface area contributed by atoms with Crippen LogP contribution in [0.1, 0.15) is 45.6 Å². The van der Waals surface area contributed by atoms with Crippen LogP contribution >= 0.6 is 0 Å². The molecule has 0 saturated heterocycles. The van der Waals surface area contributed by atoms with E-state index in [2.05, 4.69) is 10.0 Å². The molecule has 0 aliphatic heterocycles. The van der Waals surface area contributed by atoms with Gasteiger partial charge in [0.2, 0.25) is 0 Å². The number of nitrogens with one attached hydrogen (secondary N) is 2. The Balaban J connectivity index is 1.79. The quantitative estimate of drug-likeness (QED) is 0.593. The minimum atomic E-state index is -3.81. The van der Waals surface area contributed by atoms with Crippen LogP contribution in [0.3, 0.4) is 0 Å². The smallest absolute Gasteiger partial charge is 0.261 e. The van der Waals surface area contributed by atoms with Gasteiger partial charge in [-0.1, -0.05) is 47.5 Å². The molecule has 2 N–H and O–H groups in total. The number of anilines is 1. The van der Waals surface area contributed by atoms with E-state index in [1.54, 1.807) is 24.3 Å². The Morgan fingerprint density at radius 3 is 2.23 bits per heavy atom. The highest BCUT2D eigenvalue weighted by Gasteiger charge is 2.18. The maximum Gasteiger partial charge on any atom is 0.261 e. The molecule has 156 valence electrons. The molecule has 0 unspecified atom stereocenters. The lowest BCUT2D eigenvalue weighted by molar-refractivity contribution is 0.0939. The Morgan fingerprint density at radius 1 is 0.867 bits per heavy atom. The minimum absolute atomic E-state index is 0.0371. The molecule has 6 heteroatoms. The summed E-state index contributed by atoms with van der Waals surface area (Å²) in [5.74, 6) is -0.323. The third kappa shape index (κ3) is 5.07. The van der Waals surface area contributed by atoms with Gasteiger partial charge in [0.25, 0.3) is 15.9 Å². The molecule has 0 bridgehead atoms. The van der Waals surface area contributed by atoms with Crippen LogP contribution in [0.25, 0.3) is 0 Å². The lowest BCUT2D eigenvalue weighted by Crippen LogP contribution is -2.27. The topological polar surface area (TPSA) is 75.3 Å². The molecule has 0 fully saturated rings. The van der Waals surface area contributed by atoms with Crippen LogP contribution in [0.5, 0.6) is 0 Å². The first kappa shape index (κ1) is 21.6. The molecule has 0 aliphatic carbocycles. The first-order chi connectivity index (χ1) is 14.2. The van der Waals surface area contributed by atoms with Gasteiger partial charge in [0.1, 0.15) is 0 Å². The standard InChI is InChI=1S/C24H26N2O3S/c1-16-9-12-21(13-10-16)26-30(28,29)22-7-5-6-20(15-22)24(27)25-19(4)23-14-17(2)8-11-18(23)3/h5-15,19,26H,1-4H3,(H,25,27)/t19-/m1/s1. The van der Waals surface area contributed by atoms with E-state index in [1.807, 2.05) is 58.0 Å². The Morgan fingerprint density at radius 2 is 1.53 bits per heavy atom. The number of amides is 1. The SMILES string of the molecule is Cc1ccc(NS(=O)(=O)c2cccc(C(=O)N[C@H](C)c3cc(C)ccc3C)c2)cc1. The van der Waals surface area contributed by atoms with Crippen LogP contribution in [-0.4, -0.2) is 14.3 Å². The number of rotatable bonds is 6. The molecule has 30 heavy (non-hydrogen) atoms. The van der Waals surface area contributed by atoms with Crippen molar-refractivity contribution in [3.63, 3.8) is 0 Å². The molecule has 3 aromatic rings. The number of aryl methyl sites for hydroxylation is 3. The summed E-state index contributed by atoms with van der Waals surface area (Å²) in [7, 11) is -3.81. The molecule has 0 heterocycles. The van der Waals surface area contributed by atoms with Crippen molar-refractivity contribution in [1.29, 1.82) is 0 Å². The Labute approximate surface area is 178 Å². The van der Waals surface area contributed by atoms with E-state index < -0.39 is 10.0 Å². The normalized spacial score (nSPS) is 12.3. The third-order valence-electron chi connectivity index (χ3n) is 4.96.